The average Bonchev–Trinajstić information content (AvgIpc) is 2.10. The molecule has 1 rings (SSSR count). The molecule has 0 saturated carbocycles. The zero-order valence-corrected chi connectivity index (χ0v) is 7.95. The summed E-state index contributed by atoms with van der Waals surface area (Å²) in [6, 6.07) is 4.87. The van der Waals surface area contributed by atoms with Gasteiger partial charge in [0.1, 0.15) is 11.5 Å². The van der Waals surface area contributed by atoms with Gasteiger partial charge in [0.2, 0.25) is 0 Å². The van der Waals surface area contributed by atoms with Crippen molar-refractivity contribution in [2.45, 2.75) is 32.6 Å². The van der Waals surface area contributed by atoms with Crippen molar-refractivity contribution < 1.29 is 10.2 Å². The van der Waals surface area contributed by atoms with Crippen LogP contribution < -0.4 is 0 Å². The van der Waals surface area contributed by atoms with Gasteiger partial charge in [0.25, 0.3) is 0 Å². The van der Waals surface area contributed by atoms with Crippen molar-refractivity contribution >= 4 is 0 Å². The van der Waals surface area contributed by atoms with E-state index in [9.17, 15) is 10.2 Å². The third-order valence-electron chi connectivity index (χ3n) is 2.16. The summed E-state index contributed by atoms with van der Waals surface area (Å²) in [7, 11) is 0. The maximum Gasteiger partial charge on any atom is 0.122 e. The standard InChI is InChI=1S/C11H16O2/c1-2-3-4-6-9-10(12)7-5-8-11(9)13/h5,7-8,12-13H,2-4,6H2,1H3/i5+1,7+1,9+1,10+1,11+1. The van der Waals surface area contributed by atoms with E-state index in [1.54, 1.807) is 18.2 Å². The quantitative estimate of drug-likeness (QED) is 0.708. The number of unbranched alkanes of at least 4 members (excludes halogenated alkanes) is 2. The minimum Gasteiger partial charge on any atom is -0.508 e. The summed E-state index contributed by atoms with van der Waals surface area (Å²) in [4.78, 5) is 0. The number of aromatic hydroxyl groups is 2. The number of benzene rings is 1. The molecule has 0 unspecified atom stereocenters. The lowest BCUT2D eigenvalue weighted by atomic mass is 10.2. The molecule has 0 spiro atoms. The van der Waals surface area contributed by atoms with Crippen LogP contribution in [0.15, 0.2) is 18.2 Å². The fourth-order valence-corrected chi connectivity index (χ4v) is 1.37. The zero-order valence-electron chi connectivity index (χ0n) is 7.95. The Bertz CT molecular complexity index is 249. The Hall–Kier alpha value is -1.18. The molecule has 1 aromatic carbocycles. The van der Waals surface area contributed by atoms with E-state index in [-0.39, 0.29) is 11.5 Å². The van der Waals surface area contributed by atoms with Gasteiger partial charge in [-0.1, -0.05) is 25.8 Å². The van der Waals surface area contributed by atoms with E-state index in [0.717, 1.165) is 25.7 Å². The molecule has 0 radical (unpaired) electrons. The summed E-state index contributed by atoms with van der Waals surface area (Å²) < 4.78 is 0. The molecule has 1 aromatic rings. The summed E-state index contributed by atoms with van der Waals surface area (Å²) in [5.74, 6) is 0.409. The Labute approximate surface area is 78.8 Å². The molecular weight excluding hydrogens is 169 g/mol. The predicted molar refractivity (Wildman–Crippen MR) is 53.0 cm³/mol. The van der Waals surface area contributed by atoms with Gasteiger partial charge in [-0.15, -0.1) is 0 Å². The van der Waals surface area contributed by atoms with Crippen molar-refractivity contribution in [2.24, 2.45) is 0 Å². The Balaban J connectivity index is 2.64. The summed E-state index contributed by atoms with van der Waals surface area (Å²) in [5, 5.41) is 18.9. The molecule has 0 amide bonds. The van der Waals surface area contributed by atoms with Gasteiger partial charge in [-0.05, 0) is 25.0 Å². The van der Waals surface area contributed by atoms with Crippen LogP contribution in [0.25, 0.3) is 0 Å². The lowest BCUT2D eigenvalue weighted by Gasteiger charge is -2.05. The highest BCUT2D eigenvalue weighted by molar-refractivity contribution is 5.42. The van der Waals surface area contributed by atoms with Crippen LogP contribution in [0.1, 0.15) is 31.7 Å². The van der Waals surface area contributed by atoms with Gasteiger partial charge in [-0.3, -0.25) is 0 Å². The number of hydrogen-bond acceptors (Lipinski definition) is 2. The van der Waals surface area contributed by atoms with Gasteiger partial charge in [0.15, 0.2) is 0 Å². The van der Waals surface area contributed by atoms with E-state index in [0.29, 0.717) is 5.56 Å². The first-order valence-corrected chi connectivity index (χ1v) is 4.75. The first-order chi connectivity index (χ1) is 6.25. The minimum atomic E-state index is 0.205. The number of phenols is 2. The van der Waals surface area contributed by atoms with E-state index in [1.807, 2.05) is 0 Å². The van der Waals surface area contributed by atoms with Gasteiger partial charge < -0.3 is 10.2 Å². The van der Waals surface area contributed by atoms with Gasteiger partial charge in [0.05, 0.1) is 0 Å². The second-order valence-electron chi connectivity index (χ2n) is 3.23. The summed E-state index contributed by atoms with van der Waals surface area (Å²) in [5.41, 5.74) is 0.677. The van der Waals surface area contributed by atoms with Crippen LogP contribution in [0.2, 0.25) is 0 Å². The first kappa shape index (κ1) is 9.90. The van der Waals surface area contributed by atoms with Crippen molar-refractivity contribution in [1.82, 2.24) is 0 Å². The molecule has 0 bridgehead atoms. The normalized spacial score (nSPS) is 10.2. The third kappa shape index (κ3) is 2.65. The fourth-order valence-electron chi connectivity index (χ4n) is 1.37. The maximum absolute atomic E-state index is 9.43. The molecule has 0 heterocycles. The highest BCUT2D eigenvalue weighted by atomic mass is 16.4. The molecule has 0 fully saturated rings. The Morgan fingerprint density at radius 2 is 1.69 bits per heavy atom. The zero-order chi connectivity index (χ0) is 9.68. The molecular formula is C11H16O2. The summed E-state index contributed by atoms with van der Waals surface area (Å²) >= 11 is 0. The molecule has 2 nitrogen and oxygen atoms in total. The number of hydrogen-bond donors (Lipinski definition) is 2. The molecule has 2 N–H and O–H groups in total. The lowest BCUT2D eigenvalue weighted by Crippen LogP contribution is -1.87. The van der Waals surface area contributed by atoms with Crippen molar-refractivity contribution in [3.8, 4) is 11.5 Å². The van der Waals surface area contributed by atoms with Gasteiger partial charge in [-0.2, -0.15) is 0 Å². The van der Waals surface area contributed by atoms with E-state index in [1.165, 1.54) is 0 Å². The average molecular weight is 185 g/mol. The van der Waals surface area contributed by atoms with Crippen LogP contribution >= 0.6 is 0 Å². The monoisotopic (exact) mass is 185 g/mol. The van der Waals surface area contributed by atoms with Crippen molar-refractivity contribution in [2.75, 3.05) is 0 Å². The summed E-state index contributed by atoms with van der Waals surface area (Å²) in [6.45, 7) is 2.13. The van der Waals surface area contributed by atoms with Crippen molar-refractivity contribution in [1.29, 1.82) is 0 Å². The first-order valence-electron chi connectivity index (χ1n) is 4.75. The van der Waals surface area contributed by atoms with Crippen LogP contribution in [-0.4, -0.2) is 10.2 Å². The van der Waals surface area contributed by atoms with Crippen LogP contribution in [-0.2, 0) is 6.42 Å². The summed E-state index contributed by atoms with van der Waals surface area (Å²) in [6.07, 6.45) is 4.05. The third-order valence-corrected chi connectivity index (χ3v) is 2.16. The van der Waals surface area contributed by atoms with E-state index in [4.69, 9.17) is 0 Å². The topological polar surface area (TPSA) is 40.5 Å². The van der Waals surface area contributed by atoms with Crippen molar-refractivity contribution in [3.05, 3.63) is 23.8 Å². The van der Waals surface area contributed by atoms with E-state index < -0.39 is 0 Å². The van der Waals surface area contributed by atoms with Crippen LogP contribution in [0.5, 0.6) is 11.5 Å². The molecule has 0 aliphatic rings. The smallest absolute Gasteiger partial charge is 0.122 e. The fraction of sp³-hybridized carbons (Fsp3) is 0.455. The largest absolute Gasteiger partial charge is 0.508 e. The van der Waals surface area contributed by atoms with E-state index >= 15 is 0 Å². The predicted octanol–water partition coefficient (Wildman–Crippen LogP) is 2.83. The molecule has 72 valence electrons. The molecule has 0 aliphatic heterocycles. The van der Waals surface area contributed by atoms with E-state index in [2.05, 4.69) is 6.92 Å². The molecule has 0 saturated heterocycles. The molecule has 2 heteroatoms. The highest BCUT2D eigenvalue weighted by Crippen LogP contribution is 2.27. The minimum absolute atomic E-state index is 0.205. The van der Waals surface area contributed by atoms with Crippen LogP contribution in [0.4, 0.5) is 0 Å². The second kappa shape index (κ2) is 4.75. The molecule has 0 atom stereocenters. The molecule has 13 heavy (non-hydrogen) atoms. The van der Waals surface area contributed by atoms with Gasteiger partial charge >= 0.3 is 0 Å². The lowest BCUT2D eigenvalue weighted by molar-refractivity contribution is 0.436. The Morgan fingerprint density at radius 1 is 1.08 bits per heavy atom. The maximum atomic E-state index is 9.43. The Morgan fingerprint density at radius 3 is 2.23 bits per heavy atom. The van der Waals surface area contributed by atoms with Crippen molar-refractivity contribution in [3.63, 3.8) is 0 Å². The van der Waals surface area contributed by atoms with Gasteiger partial charge in [-0.25, -0.2) is 0 Å². The number of phenolic OH excluding ortho intramolecular Hbond substituents is 2. The molecule has 0 aromatic heterocycles. The van der Waals surface area contributed by atoms with Crippen LogP contribution in [0, 0.1) is 0 Å². The second-order valence-corrected chi connectivity index (χ2v) is 3.23. The highest BCUT2D eigenvalue weighted by Gasteiger charge is 2.05. The van der Waals surface area contributed by atoms with Gasteiger partial charge in [0, 0.05) is 5.56 Å². The van der Waals surface area contributed by atoms with Crippen LogP contribution in [0.3, 0.4) is 0 Å². The number of rotatable bonds is 4. The Kier molecular flexibility index (Phi) is 3.62. The SMILES string of the molecule is CCCCC[13c]1[13c](O)c[13cH][13cH][13c]1O. The molecule has 0 aliphatic carbocycles.